The molecule has 192 valence electrons. The number of nitrogens with zero attached hydrogens (tertiary/aromatic N) is 5. The third-order valence-electron chi connectivity index (χ3n) is 6.14. The number of anilines is 1. The van der Waals surface area contributed by atoms with Gasteiger partial charge in [0, 0.05) is 36.8 Å². The molecule has 2 aromatic heterocycles. The van der Waals surface area contributed by atoms with Crippen molar-refractivity contribution in [2.75, 3.05) is 11.9 Å². The van der Waals surface area contributed by atoms with Gasteiger partial charge in [0.25, 0.3) is 5.69 Å². The summed E-state index contributed by atoms with van der Waals surface area (Å²) >= 11 is 6.06. The Morgan fingerprint density at radius 2 is 1.86 bits per heavy atom. The normalized spacial score (nSPS) is 21.4. The van der Waals surface area contributed by atoms with Crippen LogP contribution in [-0.2, 0) is 17.8 Å². The van der Waals surface area contributed by atoms with Gasteiger partial charge in [-0.2, -0.15) is 0 Å². The van der Waals surface area contributed by atoms with Crippen LogP contribution in [0.15, 0.2) is 61.2 Å². The molecule has 0 saturated carbocycles. The van der Waals surface area contributed by atoms with Gasteiger partial charge >= 0.3 is 0 Å². The number of aliphatic hydroxyl groups is 2. The second-order valence-corrected chi connectivity index (χ2v) is 9.07. The Labute approximate surface area is 216 Å². The number of aromatic nitrogens is 4. The first-order valence-electron chi connectivity index (χ1n) is 11.5. The van der Waals surface area contributed by atoms with Crippen molar-refractivity contribution in [1.29, 1.82) is 0 Å². The lowest BCUT2D eigenvalue weighted by molar-refractivity contribution is -0.384. The van der Waals surface area contributed by atoms with Crippen LogP contribution in [0.5, 0.6) is 0 Å². The molecule has 1 aliphatic heterocycles. The first-order chi connectivity index (χ1) is 17.9. The van der Waals surface area contributed by atoms with E-state index in [9.17, 15) is 20.3 Å². The van der Waals surface area contributed by atoms with Crippen LogP contribution in [0.2, 0.25) is 5.02 Å². The maximum absolute atomic E-state index is 10.8. The van der Waals surface area contributed by atoms with E-state index in [2.05, 4.69) is 25.6 Å². The highest BCUT2D eigenvalue weighted by molar-refractivity contribution is 6.30. The SMILES string of the molecule is O=[N+]([O-])c1ccc(CNC[C@H]2O[C@@H](n3cnc4c(NCc5cccc(Cl)c5)ncnc43)[C@H](O)[C@@H]2O)cc1. The topological polar surface area (TPSA) is 160 Å². The Morgan fingerprint density at radius 3 is 2.62 bits per heavy atom. The predicted molar refractivity (Wildman–Crippen MR) is 135 cm³/mol. The molecule has 13 heteroatoms. The van der Waals surface area contributed by atoms with Crippen LogP contribution in [0.1, 0.15) is 17.4 Å². The number of nitro benzene ring substituents is 1. The van der Waals surface area contributed by atoms with Crippen molar-refractivity contribution in [2.24, 2.45) is 0 Å². The van der Waals surface area contributed by atoms with Crippen LogP contribution in [0.25, 0.3) is 11.2 Å². The Balaban J connectivity index is 1.24. The average molecular weight is 526 g/mol. The van der Waals surface area contributed by atoms with Crippen LogP contribution < -0.4 is 10.6 Å². The van der Waals surface area contributed by atoms with E-state index in [1.54, 1.807) is 22.8 Å². The number of nitrogens with one attached hydrogen (secondary N) is 2. The number of aliphatic hydroxyl groups excluding tert-OH is 2. The number of ether oxygens (including phenoxy) is 1. The van der Waals surface area contributed by atoms with E-state index in [0.717, 1.165) is 11.1 Å². The lowest BCUT2D eigenvalue weighted by atomic mass is 10.1. The highest BCUT2D eigenvalue weighted by atomic mass is 35.5. The van der Waals surface area contributed by atoms with E-state index in [-0.39, 0.29) is 12.2 Å². The first kappa shape index (κ1) is 25.0. The minimum atomic E-state index is -1.21. The van der Waals surface area contributed by atoms with E-state index < -0.39 is 29.5 Å². The predicted octanol–water partition coefficient (Wildman–Crippen LogP) is 2.41. The molecule has 0 aliphatic carbocycles. The van der Waals surface area contributed by atoms with Crippen molar-refractivity contribution in [2.45, 2.75) is 37.6 Å². The number of nitro groups is 1. The van der Waals surface area contributed by atoms with Crippen molar-refractivity contribution < 1.29 is 19.9 Å². The third-order valence-corrected chi connectivity index (χ3v) is 6.38. The Kier molecular flexibility index (Phi) is 7.26. The minimum absolute atomic E-state index is 0.0171. The van der Waals surface area contributed by atoms with Crippen LogP contribution in [-0.4, -0.2) is 59.5 Å². The number of imidazole rings is 1. The smallest absolute Gasteiger partial charge is 0.269 e. The lowest BCUT2D eigenvalue weighted by Gasteiger charge is -2.16. The zero-order valence-electron chi connectivity index (χ0n) is 19.4. The lowest BCUT2D eigenvalue weighted by Crippen LogP contribution is -2.37. The summed E-state index contributed by atoms with van der Waals surface area (Å²) in [6.07, 6.45) is -1.06. The van der Waals surface area contributed by atoms with Crippen LogP contribution in [0.4, 0.5) is 11.5 Å². The molecule has 3 heterocycles. The van der Waals surface area contributed by atoms with E-state index in [1.807, 2.05) is 18.2 Å². The summed E-state index contributed by atoms with van der Waals surface area (Å²) in [6, 6.07) is 13.6. The van der Waals surface area contributed by atoms with Gasteiger partial charge in [0.2, 0.25) is 0 Å². The van der Waals surface area contributed by atoms with Gasteiger partial charge in [-0.1, -0.05) is 35.9 Å². The van der Waals surface area contributed by atoms with Crippen molar-refractivity contribution in [3.8, 4) is 0 Å². The second kappa shape index (κ2) is 10.7. The van der Waals surface area contributed by atoms with E-state index in [0.29, 0.717) is 35.1 Å². The molecule has 12 nitrogen and oxygen atoms in total. The van der Waals surface area contributed by atoms with Crippen molar-refractivity contribution in [3.63, 3.8) is 0 Å². The molecule has 0 unspecified atom stereocenters. The highest BCUT2D eigenvalue weighted by Crippen LogP contribution is 2.32. The first-order valence-corrected chi connectivity index (χ1v) is 11.9. The van der Waals surface area contributed by atoms with Crippen molar-refractivity contribution in [3.05, 3.63) is 87.4 Å². The van der Waals surface area contributed by atoms with E-state index in [4.69, 9.17) is 16.3 Å². The molecule has 4 atom stereocenters. The minimum Gasteiger partial charge on any atom is -0.387 e. The maximum atomic E-state index is 10.8. The number of hydrogen-bond acceptors (Lipinski definition) is 10. The largest absolute Gasteiger partial charge is 0.387 e. The Bertz CT molecular complexity index is 1400. The molecular weight excluding hydrogens is 502 g/mol. The summed E-state index contributed by atoms with van der Waals surface area (Å²) in [5, 5.41) is 39.1. The molecule has 1 fully saturated rings. The molecule has 0 spiro atoms. The molecule has 0 bridgehead atoms. The highest BCUT2D eigenvalue weighted by Gasteiger charge is 2.44. The zero-order valence-corrected chi connectivity index (χ0v) is 20.2. The monoisotopic (exact) mass is 525 g/mol. The summed E-state index contributed by atoms with van der Waals surface area (Å²) in [5.41, 5.74) is 2.77. The second-order valence-electron chi connectivity index (χ2n) is 8.63. The molecule has 37 heavy (non-hydrogen) atoms. The average Bonchev–Trinajstić information content (AvgIpc) is 3.44. The van der Waals surface area contributed by atoms with E-state index in [1.165, 1.54) is 24.8 Å². The number of benzene rings is 2. The summed E-state index contributed by atoms with van der Waals surface area (Å²) < 4.78 is 7.56. The molecule has 1 saturated heterocycles. The molecule has 4 N–H and O–H groups in total. The molecule has 2 aromatic carbocycles. The van der Waals surface area contributed by atoms with Gasteiger partial charge in [0.05, 0.1) is 11.3 Å². The van der Waals surface area contributed by atoms with Crippen LogP contribution in [0, 0.1) is 10.1 Å². The fourth-order valence-electron chi connectivity index (χ4n) is 4.22. The summed E-state index contributed by atoms with van der Waals surface area (Å²) in [5.74, 6) is 0.512. The molecular formula is C24H24ClN7O5. The van der Waals surface area contributed by atoms with Crippen LogP contribution >= 0.6 is 11.6 Å². The fourth-order valence-corrected chi connectivity index (χ4v) is 4.44. The number of non-ortho nitro benzene ring substituents is 1. The molecule has 1 aliphatic rings. The maximum Gasteiger partial charge on any atom is 0.269 e. The molecule has 0 amide bonds. The summed E-state index contributed by atoms with van der Waals surface area (Å²) in [7, 11) is 0. The summed E-state index contributed by atoms with van der Waals surface area (Å²) in [6.45, 7) is 1.14. The van der Waals surface area contributed by atoms with Crippen LogP contribution in [0.3, 0.4) is 0 Å². The Hall–Kier alpha value is -3.68. The van der Waals surface area contributed by atoms with Crippen molar-refractivity contribution >= 4 is 34.3 Å². The van der Waals surface area contributed by atoms with Gasteiger partial charge in [-0.25, -0.2) is 15.0 Å². The quantitative estimate of drug-likeness (QED) is 0.189. The third kappa shape index (κ3) is 5.38. The van der Waals surface area contributed by atoms with Gasteiger partial charge in [0.15, 0.2) is 23.2 Å². The fraction of sp³-hybridized carbons (Fsp3) is 0.292. The van der Waals surface area contributed by atoms with Gasteiger partial charge in [-0.15, -0.1) is 0 Å². The number of hydrogen-bond donors (Lipinski definition) is 4. The van der Waals surface area contributed by atoms with Gasteiger partial charge in [-0.3, -0.25) is 14.7 Å². The van der Waals surface area contributed by atoms with Crippen molar-refractivity contribution in [1.82, 2.24) is 24.8 Å². The Morgan fingerprint density at radius 1 is 1.05 bits per heavy atom. The molecule has 0 radical (unpaired) electrons. The zero-order chi connectivity index (χ0) is 25.9. The van der Waals surface area contributed by atoms with Gasteiger partial charge in [0.1, 0.15) is 24.6 Å². The van der Waals surface area contributed by atoms with E-state index >= 15 is 0 Å². The number of halogens is 1. The number of rotatable bonds is 9. The van der Waals surface area contributed by atoms with Gasteiger partial charge < -0.3 is 25.6 Å². The molecule has 5 rings (SSSR count). The van der Waals surface area contributed by atoms with Gasteiger partial charge in [-0.05, 0) is 23.3 Å². The standard InChI is InChI=1S/C24H24ClN7O5/c25-16-3-1-2-15(8-16)10-27-22-19-23(29-12-28-22)31(13-30-19)24-21(34)20(33)18(37-24)11-26-9-14-4-6-17(7-5-14)32(35)36/h1-8,12-13,18,20-21,24,26,33-34H,9-11H2,(H,27,28,29)/t18-,20-,21-,24-/m1/s1. The molecule has 4 aromatic rings. The summed E-state index contributed by atoms with van der Waals surface area (Å²) in [4.78, 5) is 23.4. The number of fused-ring (bicyclic) bond motifs is 1.